The lowest BCUT2D eigenvalue weighted by atomic mass is 10.1. The lowest BCUT2D eigenvalue weighted by molar-refractivity contribution is -0.131. The van der Waals surface area contributed by atoms with E-state index < -0.39 is 5.97 Å². The highest BCUT2D eigenvalue weighted by Crippen LogP contribution is 2.07. The van der Waals surface area contributed by atoms with Crippen LogP contribution in [0.5, 0.6) is 0 Å². The fraction of sp³-hybridized carbons (Fsp3) is 0.0833. The van der Waals surface area contributed by atoms with Crippen molar-refractivity contribution in [1.82, 2.24) is 25.9 Å². The summed E-state index contributed by atoms with van der Waals surface area (Å²) < 4.78 is 0. The smallest absolute Gasteiger partial charge is 0.328 e. The summed E-state index contributed by atoms with van der Waals surface area (Å²) in [5.41, 5.74) is 1.04. The summed E-state index contributed by atoms with van der Waals surface area (Å²) in [4.78, 5) is 22.3. The predicted octanol–water partition coefficient (Wildman–Crippen LogP) is 0.227. The molecular weight excluding hydrogens is 262 g/mol. The number of rotatable bonds is 5. The molecule has 3 N–H and O–H groups in total. The van der Waals surface area contributed by atoms with Gasteiger partial charge in [-0.25, -0.2) is 4.79 Å². The second-order valence-electron chi connectivity index (χ2n) is 3.81. The van der Waals surface area contributed by atoms with Crippen molar-refractivity contribution in [2.24, 2.45) is 0 Å². The van der Waals surface area contributed by atoms with Gasteiger partial charge >= 0.3 is 5.97 Å². The Morgan fingerprint density at radius 3 is 2.95 bits per heavy atom. The summed E-state index contributed by atoms with van der Waals surface area (Å²) in [6.45, 7) is 0.157. The van der Waals surface area contributed by atoms with Crippen LogP contribution in [-0.2, 0) is 11.3 Å². The first-order valence-electron chi connectivity index (χ1n) is 5.67. The van der Waals surface area contributed by atoms with Gasteiger partial charge in [-0.3, -0.25) is 4.79 Å². The van der Waals surface area contributed by atoms with Gasteiger partial charge in [0.05, 0.1) is 6.54 Å². The van der Waals surface area contributed by atoms with Crippen LogP contribution in [0.3, 0.4) is 0 Å². The van der Waals surface area contributed by atoms with Crippen molar-refractivity contribution in [3.8, 4) is 0 Å². The van der Waals surface area contributed by atoms with E-state index in [1.807, 2.05) is 0 Å². The summed E-state index contributed by atoms with van der Waals surface area (Å²) in [6, 6.07) is 6.59. The number of aromatic amines is 1. The molecule has 2 aromatic rings. The minimum absolute atomic E-state index is 0.157. The van der Waals surface area contributed by atoms with Crippen molar-refractivity contribution in [2.45, 2.75) is 6.54 Å². The number of carbonyl (C=O) groups excluding carboxylic acids is 1. The van der Waals surface area contributed by atoms with Crippen LogP contribution in [-0.4, -0.2) is 37.6 Å². The van der Waals surface area contributed by atoms with Crippen LogP contribution in [0.2, 0.25) is 0 Å². The number of nitrogens with one attached hydrogen (secondary N) is 2. The van der Waals surface area contributed by atoms with E-state index in [0.717, 1.165) is 6.08 Å². The van der Waals surface area contributed by atoms with Gasteiger partial charge in [-0.1, -0.05) is 17.3 Å². The van der Waals surface area contributed by atoms with Gasteiger partial charge in [-0.15, -0.1) is 10.2 Å². The van der Waals surface area contributed by atoms with Crippen molar-refractivity contribution in [2.75, 3.05) is 0 Å². The zero-order valence-corrected chi connectivity index (χ0v) is 10.3. The third-order valence-corrected chi connectivity index (χ3v) is 2.36. The number of carbonyl (C=O) groups is 2. The van der Waals surface area contributed by atoms with Gasteiger partial charge in [0.25, 0.3) is 5.91 Å². The Morgan fingerprint density at radius 2 is 2.25 bits per heavy atom. The minimum Gasteiger partial charge on any atom is -0.478 e. The largest absolute Gasteiger partial charge is 0.478 e. The summed E-state index contributed by atoms with van der Waals surface area (Å²) >= 11 is 0. The molecule has 0 aliphatic heterocycles. The summed E-state index contributed by atoms with van der Waals surface area (Å²) in [7, 11) is 0. The van der Waals surface area contributed by atoms with E-state index in [-0.39, 0.29) is 12.5 Å². The molecule has 2 rings (SSSR count). The summed E-state index contributed by atoms with van der Waals surface area (Å²) in [5.74, 6) is -0.974. The van der Waals surface area contributed by atoms with Gasteiger partial charge in [-0.2, -0.15) is 5.21 Å². The number of nitrogens with zero attached hydrogens (tertiary/aromatic N) is 3. The van der Waals surface area contributed by atoms with E-state index in [1.165, 1.54) is 6.08 Å². The normalized spacial score (nSPS) is 10.6. The van der Waals surface area contributed by atoms with Crippen LogP contribution in [0.15, 0.2) is 30.3 Å². The molecule has 1 aromatic heterocycles. The quantitative estimate of drug-likeness (QED) is 0.670. The number of carboxylic acid groups (broad SMARTS) is 1. The Bertz CT molecular complexity index is 636. The van der Waals surface area contributed by atoms with Crippen molar-refractivity contribution in [3.63, 3.8) is 0 Å². The standard InChI is InChI=1S/C12H11N5O3/c18-11(19)5-4-8-2-1-3-9(6-8)12(20)13-7-10-14-16-17-15-10/h1-6H,7H2,(H,13,20)(H,18,19)(H,14,15,16,17). The second kappa shape index (κ2) is 6.23. The fourth-order valence-electron chi connectivity index (χ4n) is 1.47. The minimum atomic E-state index is -1.04. The molecule has 0 saturated carbocycles. The van der Waals surface area contributed by atoms with Gasteiger partial charge < -0.3 is 10.4 Å². The van der Waals surface area contributed by atoms with Crippen molar-refractivity contribution in [3.05, 3.63) is 47.3 Å². The Labute approximate surface area is 113 Å². The van der Waals surface area contributed by atoms with Crippen LogP contribution < -0.4 is 5.32 Å². The van der Waals surface area contributed by atoms with Gasteiger partial charge in [0.15, 0.2) is 5.82 Å². The first-order valence-corrected chi connectivity index (χ1v) is 5.67. The zero-order valence-electron chi connectivity index (χ0n) is 10.3. The number of H-pyrrole nitrogens is 1. The molecule has 8 nitrogen and oxygen atoms in total. The molecule has 1 aromatic carbocycles. The first kappa shape index (κ1) is 13.4. The van der Waals surface area contributed by atoms with Crippen molar-refractivity contribution in [1.29, 1.82) is 0 Å². The van der Waals surface area contributed by atoms with Crippen LogP contribution >= 0.6 is 0 Å². The van der Waals surface area contributed by atoms with E-state index in [0.29, 0.717) is 17.0 Å². The predicted molar refractivity (Wildman–Crippen MR) is 68.5 cm³/mol. The molecule has 0 atom stereocenters. The zero-order chi connectivity index (χ0) is 14.4. The van der Waals surface area contributed by atoms with E-state index in [1.54, 1.807) is 24.3 Å². The Balaban J connectivity index is 2.02. The maximum Gasteiger partial charge on any atom is 0.328 e. The lowest BCUT2D eigenvalue weighted by Crippen LogP contribution is -2.23. The highest BCUT2D eigenvalue weighted by Gasteiger charge is 2.07. The van der Waals surface area contributed by atoms with Gasteiger partial charge in [-0.05, 0) is 23.8 Å². The Kier molecular flexibility index (Phi) is 4.17. The molecule has 102 valence electrons. The number of carboxylic acids is 1. The fourth-order valence-corrected chi connectivity index (χ4v) is 1.47. The Morgan fingerprint density at radius 1 is 1.40 bits per heavy atom. The molecule has 0 unspecified atom stereocenters. The van der Waals surface area contributed by atoms with Crippen molar-refractivity contribution >= 4 is 18.0 Å². The molecule has 0 saturated heterocycles. The highest BCUT2D eigenvalue weighted by molar-refractivity contribution is 5.95. The van der Waals surface area contributed by atoms with Gasteiger partial charge in [0.1, 0.15) is 0 Å². The van der Waals surface area contributed by atoms with Gasteiger partial charge in [0.2, 0.25) is 0 Å². The Hall–Kier alpha value is -3.03. The number of aromatic nitrogens is 4. The topological polar surface area (TPSA) is 121 Å². The average molecular weight is 273 g/mol. The molecule has 1 heterocycles. The number of benzene rings is 1. The molecule has 20 heavy (non-hydrogen) atoms. The average Bonchev–Trinajstić information content (AvgIpc) is 2.96. The molecule has 1 amide bonds. The van der Waals surface area contributed by atoms with Crippen molar-refractivity contribution < 1.29 is 14.7 Å². The van der Waals surface area contributed by atoms with Crippen LogP contribution in [0.1, 0.15) is 21.7 Å². The molecule has 0 aliphatic rings. The SMILES string of the molecule is O=C(O)C=Cc1cccc(C(=O)NCc2nn[nH]n2)c1. The molecule has 0 bridgehead atoms. The number of hydrogen-bond acceptors (Lipinski definition) is 5. The van der Waals surface area contributed by atoms with E-state index in [9.17, 15) is 9.59 Å². The number of amides is 1. The third kappa shape index (κ3) is 3.73. The van der Waals surface area contributed by atoms with Crippen LogP contribution in [0.4, 0.5) is 0 Å². The molecule has 0 spiro atoms. The maximum atomic E-state index is 11.9. The third-order valence-electron chi connectivity index (χ3n) is 2.36. The number of aliphatic carboxylic acids is 1. The van der Waals surface area contributed by atoms with Crippen LogP contribution in [0, 0.1) is 0 Å². The number of tetrazole rings is 1. The van der Waals surface area contributed by atoms with Gasteiger partial charge in [0, 0.05) is 11.6 Å². The monoisotopic (exact) mass is 273 g/mol. The number of hydrogen-bond donors (Lipinski definition) is 3. The first-order chi connectivity index (χ1) is 9.65. The van der Waals surface area contributed by atoms with E-state index >= 15 is 0 Å². The van der Waals surface area contributed by atoms with E-state index in [2.05, 4.69) is 25.9 Å². The summed E-state index contributed by atoms with van der Waals surface area (Å²) in [6.07, 6.45) is 2.43. The second-order valence-corrected chi connectivity index (χ2v) is 3.81. The maximum absolute atomic E-state index is 11.9. The summed E-state index contributed by atoms with van der Waals surface area (Å²) in [5, 5.41) is 24.3. The van der Waals surface area contributed by atoms with Crippen LogP contribution in [0.25, 0.3) is 6.08 Å². The van der Waals surface area contributed by atoms with E-state index in [4.69, 9.17) is 5.11 Å². The molecular formula is C12H11N5O3. The molecule has 0 radical (unpaired) electrons. The molecule has 0 aliphatic carbocycles. The lowest BCUT2D eigenvalue weighted by Gasteiger charge is -2.03. The molecule has 8 heteroatoms. The molecule has 0 fully saturated rings. The highest BCUT2D eigenvalue weighted by atomic mass is 16.4.